The van der Waals surface area contributed by atoms with Crippen molar-refractivity contribution in [3.8, 4) is 0 Å². The van der Waals surface area contributed by atoms with E-state index in [1.165, 1.54) is 0 Å². The van der Waals surface area contributed by atoms with Crippen LogP contribution in [0.3, 0.4) is 0 Å². The van der Waals surface area contributed by atoms with Crippen molar-refractivity contribution in [3.63, 3.8) is 0 Å². The van der Waals surface area contributed by atoms with Crippen LogP contribution in [0.5, 0.6) is 0 Å². The quantitative estimate of drug-likeness (QED) is 0.0629. The van der Waals surface area contributed by atoms with Crippen LogP contribution in [-0.2, 0) is 0 Å². The Kier molecular flexibility index (Phi) is 27.9. The summed E-state index contributed by atoms with van der Waals surface area (Å²) in [6.07, 6.45) is -1.08. The molecule has 0 aliphatic heterocycles. The number of benzene rings is 12. The smallest absolute Gasteiger partial charge is 0.233 e. The van der Waals surface area contributed by atoms with Gasteiger partial charge < -0.3 is 5.11 Å². The van der Waals surface area contributed by atoms with Crippen molar-refractivity contribution in [1.29, 1.82) is 0 Å². The molecule has 470 valence electrons. The Morgan fingerprint density at radius 3 is 0.385 bits per heavy atom. The zero-order valence-corrected chi connectivity index (χ0v) is 51.7. The fourth-order valence-electron chi connectivity index (χ4n) is 8.75. The number of hydrogen-bond acceptors (Lipinski definition) is 12. The standard InChI is InChI=1S/C14H12O2.5C14H10O2/c6*15-13(11-7-3-1-4-8-11)14(16)12-9-5-2-6-10-12/h1-10,13,15H;5*1-10H. The molecule has 1 unspecified atom stereocenters. The lowest BCUT2D eigenvalue weighted by molar-refractivity contribution is 0.0747. The van der Waals surface area contributed by atoms with E-state index in [9.17, 15) is 57.8 Å². The molecule has 0 bridgehead atoms. The highest BCUT2D eigenvalue weighted by Crippen LogP contribution is 2.19. The van der Waals surface area contributed by atoms with Crippen LogP contribution < -0.4 is 0 Å². The molecule has 96 heavy (non-hydrogen) atoms. The normalized spacial score (nSPS) is 10.1. The number of rotatable bonds is 18. The highest BCUT2D eigenvalue weighted by atomic mass is 16.3. The van der Waals surface area contributed by atoms with E-state index in [4.69, 9.17) is 0 Å². The van der Waals surface area contributed by atoms with Gasteiger partial charge in [-0.2, -0.15) is 0 Å². The average molecular weight is 1260 g/mol. The number of ketones is 11. The van der Waals surface area contributed by atoms with Crippen LogP contribution in [0.15, 0.2) is 364 Å². The van der Waals surface area contributed by atoms with E-state index in [2.05, 4.69) is 0 Å². The monoisotopic (exact) mass is 1260 g/mol. The first-order valence-electron chi connectivity index (χ1n) is 30.0. The SMILES string of the molecule is O=C(C(=O)c1ccccc1)c1ccccc1.O=C(C(=O)c1ccccc1)c1ccccc1.O=C(C(=O)c1ccccc1)c1ccccc1.O=C(C(=O)c1ccccc1)c1ccccc1.O=C(C(=O)c1ccccc1)c1ccccc1.O=C(c1ccccc1)C(O)c1ccccc1. The summed E-state index contributed by atoms with van der Waals surface area (Å²) in [6.45, 7) is 0. The van der Waals surface area contributed by atoms with Crippen LogP contribution >= 0.6 is 0 Å². The van der Waals surface area contributed by atoms with Crippen LogP contribution in [0.4, 0.5) is 0 Å². The Labute approximate surface area is 555 Å². The van der Waals surface area contributed by atoms with E-state index in [1.807, 2.05) is 72.8 Å². The summed E-state index contributed by atoms with van der Waals surface area (Å²) in [5, 5.41) is 9.89. The minimum atomic E-state index is -1.08. The minimum Gasteiger partial charge on any atom is -0.380 e. The molecule has 0 aliphatic rings. The summed E-state index contributed by atoms with van der Waals surface area (Å²) >= 11 is 0. The van der Waals surface area contributed by atoms with E-state index >= 15 is 0 Å². The van der Waals surface area contributed by atoms with Crippen LogP contribution in [-0.4, -0.2) is 68.7 Å². The fourth-order valence-corrected chi connectivity index (χ4v) is 8.75. The lowest BCUT2D eigenvalue weighted by Crippen LogP contribution is -2.14. The molecule has 12 nitrogen and oxygen atoms in total. The Morgan fingerprint density at radius 2 is 0.260 bits per heavy atom. The Balaban J connectivity index is 0.000000163. The van der Waals surface area contributed by atoms with Gasteiger partial charge >= 0.3 is 0 Å². The zero-order chi connectivity index (χ0) is 68.3. The minimum absolute atomic E-state index is 0.271. The van der Waals surface area contributed by atoms with Crippen molar-refractivity contribution in [2.75, 3.05) is 0 Å². The van der Waals surface area contributed by atoms with Crippen molar-refractivity contribution < 1.29 is 57.8 Å². The van der Waals surface area contributed by atoms with Gasteiger partial charge in [0.25, 0.3) is 0 Å². The molecular weight excluding hydrogens is 1200 g/mol. The van der Waals surface area contributed by atoms with Crippen molar-refractivity contribution >= 4 is 63.6 Å². The molecule has 0 spiro atoms. The molecule has 0 fully saturated rings. The Bertz CT molecular complexity index is 3660. The number of aliphatic hydroxyl groups excluding tert-OH is 1. The van der Waals surface area contributed by atoms with E-state index in [1.54, 1.807) is 291 Å². The van der Waals surface area contributed by atoms with E-state index in [0.29, 0.717) is 66.8 Å². The molecule has 0 saturated carbocycles. The third-order valence-corrected chi connectivity index (χ3v) is 13.8. The predicted molar refractivity (Wildman–Crippen MR) is 370 cm³/mol. The highest BCUT2D eigenvalue weighted by molar-refractivity contribution is 6.51. The van der Waals surface area contributed by atoms with Crippen molar-refractivity contribution in [2.45, 2.75) is 6.10 Å². The van der Waals surface area contributed by atoms with Crippen molar-refractivity contribution in [2.24, 2.45) is 0 Å². The summed E-state index contributed by atoms with van der Waals surface area (Å²) in [7, 11) is 0. The van der Waals surface area contributed by atoms with Gasteiger partial charge in [0.05, 0.1) is 0 Å². The largest absolute Gasteiger partial charge is 0.380 e. The molecule has 0 radical (unpaired) electrons. The summed E-state index contributed by atoms with van der Waals surface area (Å²) < 4.78 is 0. The van der Waals surface area contributed by atoms with Gasteiger partial charge in [0.1, 0.15) is 6.10 Å². The average Bonchev–Trinajstić information content (AvgIpc) is 2.17. The maximum atomic E-state index is 11.9. The maximum Gasteiger partial charge on any atom is 0.233 e. The van der Waals surface area contributed by atoms with Gasteiger partial charge in [0.15, 0.2) is 5.78 Å². The van der Waals surface area contributed by atoms with Gasteiger partial charge in [0, 0.05) is 61.2 Å². The third-order valence-electron chi connectivity index (χ3n) is 13.8. The summed E-state index contributed by atoms with van der Waals surface area (Å²) in [5.74, 6) is -4.93. The summed E-state index contributed by atoms with van der Waals surface area (Å²) in [4.78, 5) is 130. The van der Waals surface area contributed by atoms with Gasteiger partial charge in [0.2, 0.25) is 57.8 Å². The van der Waals surface area contributed by atoms with Crippen LogP contribution in [0.1, 0.15) is 126 Å². The molecule has 0 heterocycles. The fraction of sp³-hybridized carbons (Fsp3) is 0.0119. The lowest BCUT2D eigenvalue weighted by Gasteiger charge is -2.09. The first-order chi connectivity index (χ1) is 46.7. The van der Waals surface area contributed by atoms with Crippen LogP contribution in [0.2, 0.25) is 0 Å². The Morgan fingerprint density at radius 1 is 0.156 bits per heavy atom. The van der Waals surface area contributed by atoms with E-state index < -0.39 is 63.9 Å². The lowest BCUT2D eigenvalue weighted by atomic mass is 10.0. The molecule has 1 N–H and O–H groups in total. The summed E-state index contributed by atoms with van der Waals surface area (Å²) in [5.41, 5.74) is 5.42. The third kappa shape index (κ3) is 21.6. The van der Waals surface area contributed by atoms with Gasteiger partial charge in [-0.3, -0.25) is 52.7 Å². The molecule has 0 aliphatic carbocycles. The number of carbonyl (C=O) groups excluding carboxylic acids is 11. The second-order valence-electron chi connectivity index (χ2n) is 20.5. The molecule has 12 aromatic rings. The number of carbonyl (C=O) groups is 11. The predicted octanol–water partition coefficient (Wildman–Crippen LogP) is 16.4. The first kappa shape index (κ1) is 70.4. The maximum absolute atomic E-state index is 11.9. The van der Waals surface area contributed by atoms with E-state index in [-0.39, 0.29) is 5.78 Å². The number of hydrogen-bond donors (Lipinski definition) is 1. The molecule has 0 aromatic heterocycles. The van der Waals surface area contributed by atoms with Gasteiger partial charge in [-0.25, -0.2) is 0 Å². The highest BCUT2D eigenvalue weighted by Gasteiger charge is 2.22. The van der Waals surface area contributed by atoms with Crippen molar-refractivity contribution in [1.82, 2.24) is 0 Å². The summed E-state index contributed by atoms with van der Waals surface area (Å²) in [6, 6.07) is 104. The van der Waals surface area contributed by atoms with Crippen LogP contribution in [0, 0.1) is 0 Å². The van der Waals surface area contributed by atoms with Gasteiger partial charge in [-0.1, -0.05) is 364 Å². The van der Waals surface area contributed by atoms with Crippen LogP contribution in [0.25, 0.3) is 0 Å². The second kappa shape index (κ2) is 38.0. The Hall–Kier alpha value is -13.0. The second-order valence-corrected chi connectivity index (χ2v) is 20.5. The van der Waals surface area contributed by atoms with Gasteiger partial charge in [-0.15, -0.1) is 0 Å². The molecule has 0 saturated heterocycles. The molecule has 12 heteroatoms. The molecule has 12 rings (SSSR count). The number of aliphatic hydroxyl groups is 1. The van der Waals surface area contributed by atoms with Crippen molar-refractivity contribution in [3.05, 3.63) is 431 Å². The molecular formula is C84H62O12. The molecule has 12 aromatic carbocycles. The number of Topliss-reactive ketones (excluding diaryl/α,β-unsaturated/α-hetero) is 11. The molecule has 1 atom stereocenters. The topological polar surface area (TPSA) is 208 Å². The van der Waals surface area contributed by atoms with Gasteiger partial charge in [-0.05, 0) is 5.56 Å². The first-order valence-corrected chi connectivity index (χ1v) is 30.0. The van der Waals surface area contributed by atoms with E-state index in [0.717, 1.165) is 0 Å². The zero-order valence-electron chi connectivity index (χ0n) is 51.7. The molecule has 0 amide bonds.